The number of carbonyl (C=O) groups is 1. The van der Waals surface area contributed by atoms with Crippen molar-refractivity contribution in [2.45, 2.75) is 30.0 Å². The second kappa shape index (κ2) is 10.3. The van der Waals surface area contributed by atoms with Crippen molar-refractivity contribution in [2.24, 2.45) is 0 Å². The topological polar surface area (TPSA) is 84.5 Å². The number of methoxy groups -OCH3 is 1. The van der Waals surface area contributed by atoms with Crippen LogP contribution in [0.3, 0.4) is 0 Å². The van der Waals surface area contributed by atoms with Crippen molar-refractivity contribution in [3.63, 3.8) is 0 Å². The summed E-state index contributed by atoms with van der Waals surface area (Å²) < 4.78 is 34.2. The third-order valence-electron chi connectivity index (χ3n) is 4.97. The fourth-order valence-electron chi connectivity index (χ4n) is 3.31. The third kappa shape index (κ3) is 5.79. The lowest BCUT2D eigenvalue weighted by molar-refractivity contribution is -0.133. The smallest absolute Gasteiger partial charge is 0.251 e. The minimum Gasteiger partial charge on any atom is -0.370 e. The van der Waals surface area contributed by atoms with E-state index in [0.29, 0.717) is 5.56 Å². The molecule has 0 saturated heterocycles. The zero-order valence-corrected chi connectivity index (χ0v) is 18.3. The van der Waals surface area contributed by atoms with Crippen LogP contribution in [0.2, 0.25) is 0 Å². The van der Waals surface area contributed by atoms with Crippen molar-refractivity contribution in [2.75, 3.05) is 7.11 Å². The number of sulfonamides is 1. The molecule has 0 bridgehead atoms. The largest absolute Gasteiger partial charge is 0.370 e. The molecule has 31 heavy (non-hydrogen) atoms. The number of benzene rings is 3. The highest BCUT2D eigenvalue weighted by molar-refractivity contribution is 7.89. The molecular formula is C24H26N2O4S. The summed E-state index contributed by atoms with van der Waals surface area (Å²) in [6.07, 6.45) is -1.08. The predicted molar refractivity (Wildman–Crippen MR) is 120 cm³/mol. The summed E-state index contributed by atoms with van der Waals surface area (Å²) in [6, 6.07) is 25.3. The van der Waals surface area contributed by atoms with Gasteiger partial charge in [0.25, 0.3) is 5.91 Å². The summed E-state index contributed by atoms with van der Waals surface area (Å²) in [7, 11) is -2.49. The monoisotopic (exact) mass is 438 g/mol. The van der Waals surface area contributed by atoms with Gasteiger partial charge < -0.3 is 10.1 Å². The van der Waals surface area contributed by atoms with Crippen LogP contribution in [0.15, 0.2) is 95.9 Å². The molecule has 3 atom stereocenters. The molecule has 2 N–H and O–H groups in total. The number of carbonyl (C=O) groups excluding carboxylic acids is 1. The van der Waals surface area contributed by atoms with E-state index in [4.69, 9.17) is 4.74 Å². The van der Waals surface area contributed by atoms with Crippen LogP contribution in [0, 0.1) is 0 Å². The first kappa shape index (κ1) is 22.7. The molecule has 3 rings (SSSR count). The fourth-order valence-corrected chi connectivity index (χ4v) is 4.56. The zero-order valence-electron chi connectivity index (χ0n) is 17.4. The SMILES string of the molecule is CO[C@@H](C(=O)N[C@H](C)c1ccccc1)[C@@H](NS(=O)(=O)c1ccccc1)c1ccccc1. The molecule has 3 aromatic rings. The maximum absolute atomic E-state index is 13.1. The number of amides is 1. The van der Waals surface area contributed by atoms with Crippen LogP contribution in [0.1, 0.15) is 30.1 Å². The number of rotatable bonds is 9. The average molecular weight is 439 g/mol. The van der Waals surface area contributed by atoms with Crippen molar-refractivity contribution in [1.82, 2.24) is 10.0 Å². The average Bonchev–Trinajstić information content (AvgIpc) is 2.80. The predicted octanol–water partition coefficient (Wildman–Crippen LogP) is 3.60. The maximum Gasteiger partial charge on any atom is 0.251 e. The molecule has 0 unspecified atom stereocenters. The Bertz CT molecular complexity index is 1070. The first-order chi connectivity index (χ1) is 14.9. The third-order valence-corrected chi connectivity index (χ3v) is 6.42. The van der Waals surface area contributed by atoms with E-state index in [2.05, 4.69) is 10.0 Å². The van der Waals surface area contributed by atoms with Crippen LogP contribution in [0.4, 0.5) is 0 Å². The van der Waals surface area contributed by atoms with Gasteiger partial charge in [0.2, 0.25) is 10.0 Å². The highest BCUT2D eigenvalue weighted by atomic mass is 32.2. The van der Waals surface area contributed by atoms with Crippen molar-refractivity contribution in [1.29, 1.82) is 0 Å². The minimum atomic E-state index is -3.89. The van der Waals surface area contributed by atoms with Crippen molar-refractivity contribution in [3.8, 4) is 0 Å². The fraction of sp³-hybridized carbons (Fsp3) is 0.208. The quantitative estimate of drug-likeness (QED) is 0.535. The lowest BCUT2D eigenvalue weighted by atomic mass is 10.0. The lowest BCUT2D eigenvalue weighted by Crippen LogP contribution is -2.46. The number of ether oxygens (including phenoxy) is 1. The zero-order chi connectivity index (χ0) is 22.3. The molecular weight excluding hydrogens is 412 g/mol. The standard InChI is InChI=1S/C24H26N2O4S/c1-18(19-12-6-3-7-13-19)25-24(27)23(30-2)22(20-14-8-4-9-15-20)26-31(28,29)21-16-10-5-11-17-21/h3-18,22-23,26H,1-2H3,(H,25,27)/t18-,22+,23-/m1/s1. The van der Waals surface area contributed by atoms with Crippen LogP contribution in [-0.4, -0.2) is 27.5 Å². The second-order valence-corrected chi connectivity index (χ2v) is 8.83. The number of nitrogens with one attached hydrogen (secondary N) is 2. The molecule has 0 aliphatic heterocycles. The molecule has 0 radical (unpaired) electrons. The molecule has 0 fully saturated rings. The van der Waals surface area contributed by atoms with Gasteiger partial charge >= 0.3 is 0 Å². The van der Waals surface area contributed by atoms with E-state index >= 15 is 0 Å². The van der Waals surface area contributed by atoms with E-state index < -0.39 is 28.1 Å². The Morgan fingerprint density at radius 2 is 1.29 bits per heavy atom. The highest BCUT2D eigenvalue weighted by Gasteiger charge is 2.34. The molecule has 0 saturated carbocycles. The Morgan fingerprint density at radius 3 is 1.81 bits per heavy atom. The van der Waals surface area contributed by atoms with Crippen molar-refractivity contribution in [3.05, 3.63) is 102 Å². The van der Waals surface area contributed by atoms with Gasteiger partial charge in [-0.3, -0.25) is 4.79 Å². The summed E-state index contributed by atoms with van der Waals surface area (Å²) >= 11 is 0. The first-order valence-electron chi connectivity index (χ1n) is 9.93. The van der Waals surface area contributed by atoms with E-state index in [1.807, 2.05) is 43.3 Å². The summed E-state index contributed by atoms with van der Waals surface area (Å²) in [4.78, 5) is 13.2. The molecule has 162 valence electrons. The van der Waals surface area contributed by atoms with Gasteiger partial charge in [-0.25, -0.2) is 13.1 Å². The van der Waals surface area contributed by atoms with E-state index in [-0.39, 0.29) is 10.9 Å². The molecule has 0 aromatic heterocycles. The minimum absolute atomic E-state index is 0.115. The van der Waals surface area contributed by atoms with Gasteiger partial charge in [-0.15, -0.1) is 0 Å². The molecule has 3 aromatic carbocycles. The molecule has 0 aliphatic carbocycles. The normalized spacial score (nSPS) is 14.4. The molecule has 7 heteroatoms. The van der Waals surface area contributed by atoms with Gasteiger partial charge in [0.05, 0.1) is 17.0 Å². The Labute approximate surface area is 183 Å². The molecule has 1 amide bonds. The highest BCUT2D eigenvalue weighted by Crippen LogP contribution is 2.23. The Hall–Kier alpha value is -3.00. The van der Waals surface area contributed by atoms with Gasteiger partial charge in [-0.2, -0.15) is 0 Å². The molecule has 0 aliphatic rings. The van der Waals surface area contributed by atoms with Gasteiger partial charge in [0.1, 0.15) is 0 Å². The van der Waals surface area contributed by atoms with Crippen molar-refractivity contribution >= 4 is 15.9 Å². The van der Waals surface area contributed by atoms with Crippen molar-refractivity contribution < 1.29 is 17.9 Å². The van der Waals surface area contributed by atoms with E-state index in [0.717, 1.165) is 5.56 Å². The van der Waals surface area contributed by atoms with Crippen LogP contribution in [0.25, 0.3) is 0 Å². The van der Waals surface area contributed by atoms with Crippen LogP contribution in [0.5, 0.6) is 0 Å². The summed E-state index contributed by atoms with van der Waals surface area (Å²) in [5.74, 6) is -0.413. The van der Waals surface area contributed by atoms with Gasteiger partial charge in [-0.1, -0.05) is 78.9 Å². The molecule has 0 spiro atoms. The van der Waals surface area contributed by atoms with E-state index in [9.17, 15) is 13.2 Å². The van der Waals surface area contributed by atoms with E-state index in [1.54, 1.807) is 42.5 Å². The lowest BCUT2D eigenvalue weighted by Gasteiger charge is -2.28. The molecule has 0 heterocycles. The summed E-state index contributed by atoms with van der Waals surface area (Å²) in [5.41, 5.74) is 1.56. The van der Waals surface area contributed by atoms with Crippen LogP contribution < -0.4 is 10.0 Å². The Balaban J connectivity index is 1.89. The maximum atomic E-state index is 13.1. The Morgan fingerprint density at radius 1 is 0.806 bits per heavy atom. The van der Waals surface area contributed by atoms with E-state index in [1.165, 1.54) is 19.2 Å². The second-order valence-electron chi connectivity index (χ2n) is 7.12. The summed E-state index contributed by atoms with van der Waals surface area (Å²) in [6.45, 7) is 1.87. The van der Waals surface area contributed by atoms with Gasteiger partial charge in [0.15, 0.2) is 6.10 Å². The number of hydrogen-bond donors (Lipinski definition) is 2. The van der Waals surface area contributed by atoms with Gasteiger partial charge in [0, 0.05) is 7.11 Å². The van der Waals surface area contributed by atoms with Crippen LogP contribution >= 0.6 is 0 Å². The first-order valence-corrected chi connectivity index (χ1v) is 11.4. The van der Waals surface area contributed by atoms with Crippen LogP contribution in [-0.2, 0) is 19.6 Å². The Kier molecular flexibility index (Phi) is 7.57. The number of hydrogen-bond acceptors (Lipinski definition) is 4. The van der Waals surface area contributed by atoms with Gasteiger partial charge in [-0.05, 0) is 30.2 Å². The summed E-state index contributed by atoms with van der Waals surface area (Å²) in [5, 5.41) is 2.92. The molecule has 6 nitrogen and oxygen atoms in total.